The molecule has 24 heavy (non-hydrogen) atoms. The van der Waals surface area contributed by atoms with E-state index in [0.717, 1.165) is 0 Å². The fraction of sp³-hybridized carbons (Fsp3) is 0. The fourth-order valence-corrected chi connectivity index (χ4v) is 2.11. The maximum absolute atomic E-state index is 12.3. The Balaban J connectivity index is 1.80. The van der Waals surface area contributed by atoms with Gasteiger partial charge in [0.15, 0.2) is 0 Å². The van der Waals surface area contributed by atoms with E-state index in [1.54, 1.807) is 48.5 Å². The van der Waals surface area contributed by atoms with Crippen molar-refractivity contribution >= 4 is 11.9 Å². The van der Waals surface area contributed by atoms with Crippen LogP contribution in [-0.2, 0) is 0 Å². The highest BCUT2D eigenvalue weighted by molar-refractivity contribution is 6.13. The Morgan fingerprint density at radius 3 is 2.29 bits per heavy atom. The van der Waals surface area contributed by atoms with Crippen molar-refractivity contribution in [3.8, 4) is 17.8 Å². The summed E-state index contributed by atoms with van der Waals surface area (Å²) in [6, 6.07) is 23.0. The van der Waals surface area contributed by atoms with E-state index < -0.39 is 0 Å². The van der Waals surface area contributed by atoms with Gasteiger partial charge in [-0.3, -0.25) is 4.79 Å². The third-order valence-corrected chi connectivity index (χ3v) is 3.25. The van der Waals surface area contributed by atoms with Crippen LogP contribution in [0.2, 0.25) is 0 Å². The maximum atomic E-state index is 12.3. The van der Waals surface area contributed by atoms with Gasteiger partial charge in [-0.1, -0.05) is 48.5 Å². The molecule has 2 aromatic carbocycles. The molecular formula is C20H13NO3. The summed E-state index contributed by atoms with van der Waals surface area (Å²) in [5.41, 5.74) is 0.458. The summed E-state index contributed by atoms with van der Waals surface area (Å²) >= 11 is 0. The van der Waals surface area contributed by atoms with Crippen molar-refractivity contribution in [3.05, 3.63) is 89.7 Å². The maximum Gasteiger partial charge on any atom is 0.290 e. The number of carbonyl (C=O) groups is 1. The lowest BCUT2D eigenvalue weighted by molar-refractivity contribution is 0.104. The molecule has 0 aliphatic heterocycles. The fourth-order valence-electron chi connectivity index (χ4n) is 2.11. The van der Waals surface area contributed by atoms with Crippen LogP contribution in [0, 0.1) is 11.3 Å². The number of allylic oxidation sites excluding steroid dienone is 1. The number of hydrogen-bond acceptors (Lipinski definition) is 4. The summed E-state index contributed by atoms with van der Waals surface area (Å²) in [6.45, 7) is 0. The summed E-state index contributed by atoms with van der Waals surface area (Å²) < 4.78 is 11.1. The second kappa shape index (κ2) is 7.12. The van der Waals surface area contributed by atoms with Gasteiger partial charge < -0.3 is 9.15 Å². The van der Waals surface area contributed by atoms with E-state index >= 15 is 0 Å². The first-order chi connectivity index (χ1) is 11.8. The van der Waals surface area contributed by atoms with Gasteiger partial charge in [-0.2, -0.15) is 5.26 Å². The molecule has 3 aromatic rings. The number of ketones is 1. The van der Waals surface area contributed by atoms with Crippen molar-refractivity contribution in [3.63, 3.8) is 0 Å². The van der Waals surface area contributed by atoms with E-state index in [-0.39, 0.29) is 17.3 Å². The second-order valence-electron chi connectivity index (χ2n) is 4.94. The van der Waals surface area contributed by atoms with Gasteiger partial charge in [0, 0.05) is 17.7 Å². The van der Waals surface area contributed by atoms with Crippen molar-refractivity contribution in [1.82, 2.24) is 0 Å². The molecule has 0 fully saturated rings. The zero-order chi connectivity index (χ0) is 16.8. The van der Waals surface area contributed by atoms with Crippen LogP contribution in [-0.4, -0.2) is 5.78 Å². The van der Waals surface area contributed by atoms with Crippen LogP contribution < -0.4 is 4.74 Å². The van der Waals surface area contributed by atoms with E-state index in [0.29, 0.717) is 17.1 Å². The third-order valence-electron chi connectivity index (χ3n) is 3.25. The predicted octanol–water partition coefficient (Wildman–Crippen LogP) is 4.86. The lowest BCUT2D eigenvalue weighted by Crippen LogP contribution is -2.01. The lowest BCUT2D eigenvalue weighted by atomic mass is 10.0. The zero-order valence-corrected chi connectivity index (χ0v) is 12.7. The smallest absolute Gasteiger partial charge is 0.290 e. The number of rotatable bonds is 5. The van der Waals surface area contributed by atoms with E-state index in [2.05, 4.69) is 0 Å². The highest BCUT2D eigenvalue weighted by atomic mass is 16.6. The van der Waals surface area contributed by atoms with Crippen LogP contribution >= 0.6 is 0 Å². The Kier molecular flexibility index (Phi) is 4.55. The Morgan fingerprint density at radius 2 is 1.62 bits per heavy atom. The summed E-state index contributed by atoms with van der Waals surface area (Å²) in [4.78, 5) is 12.3. The largest absolute Gasteiger partial charge is 0.426 e. The minimum atomic E-state index is -0.347. The van der Waals surface area contributed by atoms with E-state index in [1.165, 1.54) is 6.08 Å². The average Bonchev–Trinajstić information content (AvgIpc) is 3.07. The molecule has 1 heterocycles. The molecule has 1 aromatic heterocycles. The molecule has 0 aliphatic carbocycles. The number of carbonyl (C=O) groups excluding carboxylic acids is 1. The van der Waals surface area contributed by atoms with Crippen LogP contribution in [0.4, 0.5) is 0 Å². The molecule has 3 rings (SSSR count). The molecule has 4 nitrogen and oxygen atoms in total. The highest BCUT2D eigenvalue weighted by Crippen LogP contribution is 2.25. The Morgan fingerprint density at radius 1 is 0.958 bits per heavy atom. The molecular weight excluding hydrogens is 302 g/mol. The van der Waals surface area contributed by atoms with Gasteiger partial charge in [0.2, 0.25) is 5.78 Å². The SMILES string of the molecule is N#C/C(=C\c1ccc(Oc2ccccc2)o1)C(=O)c1ccccc1. The first kappa shape index (κ1) is 15.3. The van der Waals surface area contributed by atoms with Gasteiger partial charge in [0.1, 0.15) is 23.2 Å². The second-order valence-corrected chi connectivity index (χ2v) is 4.94. The number of ether oxygens (including phenoxy) is 1. The van der Waals surface area contributed by atoms with Gasteiger partial charge >= 0.3 is 0 Å². The van der Waals surface area contributed by atoms with Gasteiger partial charge in [-0.25, -0.2) is 0 Å². The molecule has 0 amide bonds. The van der Waals surface area contributed by atoms with Gasteiger partial charge in [0.25, 0.3) is 5.95 Å². The minimum absolute atomic E-state index is 0.00168. The normalized spacial score (nSPS) is 10.9. The number of benzene rings is 2. The molecule has 0 spiro atoms. The Bertz CT molecular complexity index is 903. The summed E-state index contributed by atoms with van der Waals surface area (Å²) in [7, 11) is 0. The van der Waals surface area contributed by atoms with Gasteiger partial charge in [0.05, 0.1) is 0 Å². The summed E-state index contributed by atoms with van der Waals surface area (Å²) in [5, 5.41) is 9.25. The number of Topliss-reactive ketones (excluding diaryl/α,β-unsaturated/α-hetero) is 1. The topological polar surface area (TPSA) is 63.2 Å². The van der Waals surface area contributed by atoms with Crippen molar-refractivity contribution in [2.45, 2.75) is 0 Å². The van der Waals surface area contributed by atoms with Crippen LogP contribution in [0.5, 0.6) is 11.7 Å². The first-order valence-electron chi connectivity index (χ1n) is 7.30. The summed E-state index contributed by atoms with van der Waals surface area (Å²) in [6.07, 6.45) is 1.41. The molecule has 0 N–H and O–H groups in total. The van der Waals surface area contributed by atoms with Crippen molar-refractivity contribution < 1.29 is 13.9 Å². The number of furan rings is 1. The van der Waals surface area contributed by atoms with E-state index in [9.17, 15) is 10.1 Å². The van der Waals surface area contributed by atoms with Crippen LogP contribution in [0.25, 0.3) is 6.08 Å². The zero-order valence-electron chi connectivity index (χ0n) is 12.7. The van der Waals surface area contributed by atoms with Gasteiger partial charge in [-0.15, -0.1) is 0 Å². The standard InChI is InChI=1S/C20H13NO3/c21-14-16(20(22)15-7-3-1-4-8-15)13-18-11-12-19(24-18)23-17-9-5-2-6-10-17/h1-13H/b16-13+. The van der Waals surface area contributed by atoms with Crippen molar-refractivity contribution in [1.29, 1.82) is 5.26 Å². The molecule has 0 saturated heterocycles. The lowest BCUT2D eigenvalue weighted by Gasteiger charge is -2.00. The molecule has 4 heteroatoms. The van der Waals surface area contributed by atoms with Crippen LogP contribution in [0.15, 0.2) is 82.8 Å². The summed E-state index contributed by atoms with van der Waals surface area (Å²) in [5.74, 6) is 0.960. The molecule has 0 atom stereocenters. The van der Waals surface area contributed by atoms with Crippen LogP contribution in [0.3, 0.4) is 0 Å². The molecule has 0 radical (unpaired) electrons. The molecule has 0 bridgehead atoms. The van der Waals surface area contributed by atoms with Gasteiger partial charge in [-0.05, 0) is 18.2 Å². The van der Waals surface area contributed by atoms with E-state index in [1.807, 2.05) is 30.3 Å². The van der Waals surface area contributed by atoms with E-state index in [4.69, 9.17) is 9.15 Å². The third kappa shape index (κ3) is 3.60. The first-order valence-corrected chi connectivity index (χ1v) is 7.30. The number of para-hydroxylation sites is 1. The number of nitrogens with zero attached hydrogens (tertiary/aromatic N) is 1. The molecule has 0 saturated carbocycles. The minimum Gasteiger partial charge on any atom is -0.426 e. The average molecular weight is 315 g/mol. The van der Waals surface area contributed by atoms with Crippen LogP contribution in [0.1, 0.15) is 16.1 Å². The monoisotopic (exact) mass is 315 g/mol. The number of hydrogen-bond donors (Lipinski definition) is 0. The quantitative estimate of drug-likeness (QED) is 0.383. The molecule has 0 unspecified atom stereocenters. The van der Waals surface area contributed by atoms with Crippen molar-refractivity contribution in [2.75, 3.05) is 0 Å². The molecule has 116 valence electrons. The number of nitriles is 1. The Labute approximate surface area is 139 Å². The molecule has 0 aliphatic rings. The highest BCUT2D eigenvalue weighted by Gasteiger charge is 2.13. The van der Waals surface area contributed by atoms with Crippen molar-refractivity contribution in [2.24, 2.45) is 0 Å². The predicted molar refractivity (Wildman–Crippen MR) is 89.6 cm³/mol. The Hall–Kier alpha value is -3.58.